The van der Waals surface area contributed by atoms with Gasteiger partial charge in [0.05, 0.1) is 19.5 Å². The number of carbonyl (C=O) groups is 1. The van der Waals surface area contributed by atoms with Crippen LogP contribution in [0.5, 0.6) is 5.75 Å². The molecule has 0 aliphatic rings. The van der Waals surface area contributed by atoms with Crippen molar-refractivity contribution in [2.45, 2.75) is 12.7 Å². The van der Waals surface area contributed by atoms with E-state index in [1.807, 2.05) is 30.3 Å². The van der Waals surface area contributed by atoms with E-state index in [4.69, 9.17) is 13.9 Å². The van der Waals surface area contributed by atoms with Crippen LogP contribution in [0.3, 0.4) is 0 Å². The van der Waals surface area contributed by atoms with Crippen molar-refractivity contribution in [2.24, 2.45) is 0 Å². The maximum atomic E-state index is 11.9. The molecule has 0 unspecified atom stereocenters. The summed E-state index contributed by atoms with van der Waals surface area (Å²) >= 11 is 0. The van der Waals surface area contributed by atoms with E-state index in [0.717, 1.165) is 5.56 Å². The zero-order chi connectivity index (χ0) is 18.9. The van der Waals surface area contributed by atoms with Gasteiger partial charge in [0, 0.05) is 5.69 Å². The van der Waals surface area contributed by atoms with Crippen LogP contribution in [0.15, 0.2) is 77.4 Å². The van der Waals surface area contributed by atoms with Gasteiger partial charge in [0.15, 0.2) is 5.76 Å². The molecule has 1 atom stereocenters. The molecule has 3 aromatic rings. The highest BCUT2D eigenvalue weighted by molar-refractivity contribution is 6.02. The molecule has 0 fully saturated rings. The Hall–Kier alpha value is -3.09. The first-order valence-electron chi connectivity index (χ1n) is 8.58. The fourth-order valence-corrected chi connectivity index (χ4v) is 2.36. The highest BCUT2D eigenvalue weighted by atomic mass is 16.5. The van der Waals surface area contributed by atoms with Gasteiger partial charge in [-0.3, -0.25) is 4.79 Å². The van der Waals surface area contributed by atoms with Crippen LogP contribution in [0.1, 0.15) is 16.1 Å². The minimum absolute atomic E-state index is 0.118. The molecule has 1 heterocycles. The summed E-state index contributed by atoms with van der Waals surface area (Å²) in [7, 11) is 0. The van der Waals surface area contributed by atoms with Gasteiger partial charge in [0.25, 0.3) is 5.91 Å². The first kappa shape index (κ1) is 18.7. The van der Waals surface area contributed by atoms with Gasteiger partial charge < -0.3 is 24.3 Å². The van der Waals surface area contributed by atoms with E-state index in [-0.39, 0.29) is 24.9 Å². The van der Waals surface area contributed by atoms with Crippen LogP contribution in [0.4, 0.5) is 5.69 Å². The molecular formula is C21H21NO5. The summed E-state index contributed by atoms with van der Waals surface area (Å²) < 4.78 is 16.1. The Morgan fingerprint density at radius 2 is 1.78 bits per heavy atom. The van der Waals surface area contributed by atoms with E-state index in [1.165, 1.54) is 6.26 Å². The second kappa shape index (κ2) is 9.56. The van der Waals surface area contributed by atoms with E-state index in [0.29, 0.717) is 18.0 Å². The van der Waals surface area contributed by atoms with Crippen molar-refractivity contribution in [3.05, 3.63) is 84.3 Å². The molecule has 3 rings (SSSR count). The molecule has 0 saturated carbocycles. The number of aliphatic hydroxyl groups is 1. The molecule has 1 aromatic heterocycles. The lowest BCUT2D eigenvalue weighted by molar-refractivity contribution is 0.00549. The second-order valence-electron chi connectivity index (χ2n) is 5.92. The average molecular weight is 367 g/mol. The summed E-state index contributed by atoms with van der Waals surface area (Å²) in [6, 6.07) is 19.9. The van der Waals surface area contributed by atoms with Crippen molar-refractivity contribution >= 4 is 11.6 Å². The molecule has 6 heteroatoms. The smallest absolute Gasteiger partial charge is 0.291 e. The lowest BCUT2D eigenvalue weighted by atomic mass is 10.2. The first-order chi connectivity index (χ1) is 13.2. The van der Waals surface area contributed by atoms with E-state index in [2.05, 4.69) is 5.32 Å². The average Bonchev–Trinajstić information content (AvgIpc) is 3.23. The first-order valence-corrected chi connectivity index (χ1v) is 8.58. The minimum atomic E-state index is -0.730. The molecular weight excluding hydrogens is 346 g/mol. The molecule has 6 nitrogen and oxygen atoms in total. The third kappa shape index (κ3) is 5.99. The SMILES string of the molecule is O=C(Nc1ccc(OC[C@@H](O)COCc2ccccc2)cc1)c1ccco1. The molecule has 2 aromatic carbocycles. The summed E-state index contributed by atoms with van der Waals surface area (Å²) in [5.41, 5.74) is 1.67. The van der Waals surface area contributed by atoms with Gasteiger partial charge in [-0.2, -0.15) is 0 Å². The highest BCUT2D eigenvalue weighted by Crippen LogP contribution is 2.17. The second-order valence-corrected chi connectivity index (χ2v) is 5.92. The Kier molecular flexibility index (Phi) is 6.62. The number of hydrogen-bond acceptors (Lipinski definition) is 5. The van der Waals surface area contributed by atoms with Crippen LogP contribution in [-0.2, 0) is 11.3 Å². The standard InChI is InChI=1S/C21H21NO5/c23-18(14-25-13-16-5-2-1-3-6-16)15-27-19-10-8-17(9-11-19)22-21(24)20-7-4-12-26-20/h1-12,18,23H,13-15H2,(H,22,24)/t18-/m0/s1. The van der Waals surface area contributed by atoms with Gasteiger partial charge in [-0.25, -0.2) is 0 Å². The fraction of sp³-hybridized carbons (Fsp3) is 0.190. The number of benzene rings is 2. The maximum Gasteiger partial charge on any atom is 0.291 e. The molecule has 0 saturated heterocycles. The molecule has 0 aliphatic heterocycles. The summed E-state index contributed by atoms with van der Waals surface area (Å²) in [6.45, 7) is 0.751. The summed E-state index contributed by atoms with van der Waals surface area (Å²) in [5.74, 6) is 0.515. The van der Waals surface area contributed by atoms with Crippen molar-refractivity contribution in [3.63, 3.8) is 0 Å². The number of amides is 1. The lowest BCUT2D eigenvalue weighted by Gasteiger charge is -2.13. The summed E-state index contributed by atoms with van der Waals surface area (Å²) in [6.07, 6.45) is 0.716. The fourth-order valence-electron chi connectivity index (χ4n) is 2.36. The molecule has 1 amide bonds. The Balaban J connectivity index is 1.38. The van der Waals surface area contributed by atoms with Crippen molar-refractivity contribution in [1.82, 2.24) is 0 Å². The number of anilines is 1. The lowest BCUT2D eigenvalue weighted by Crippen LogP contribution is -2.23. The largest absolute Gasteiger partial charge is 0.491 e. The molecule has 0 radical (unpaired) electrons. The summed E-state index contributed by atoms with van der Waals surface area (Å²) in [5, 5.41) is 12.7. The van der Waals surface area contributed by atoms with Crippen molar-refractivity contribution in [1.29, 1.82) is 0 Å². The highest BCUT2D eigenvalue weighted by Gasteiger charge is 2.09. The molecule has 140 valence electrons. The van der Waals surface area contributed by atoms with Gasteiger partial charge >= 0.3 is 0 Å². The normalized spacial score (nSPS) is 11.7. The Morgan fingerprint density at radius 3 is 2.48 bits per heavy atom. The minimum Gasteiger partial charge on any atom is -0.491 e. The van der Waals surface area contributed by atoms with Gasteiger partial charge in [0.1, 0.15) is 18.5 Å². The van der Waals surface area contributed by atoms with Crippen molar-refractivity contribution in [2.75, 3.05) is 18.5 Å². The quantitative estimate of drug-likeness (QED) is 0.605. The van der Waals surface area contributed by atoms with E-state index in [9.17, 15) is 9.90 Å². The number of carbonyl (C=O) groups excluding carboxylic acids is 1. The van der Waals surface area contributed by atoms with E-state index < -0.39 is 6.10 Å². The molecule has 0 spiro atoms. The van der Waals surface area contributed by atoms with Crippen molar-refractivity contribution < 1.29 is 23.8 Å². The maximum absolute atomic E-state index is 11.9. The molecule has 0 aliphatic carbocycles. The number of nitrogens with one attached hydrogen (secondary N) is 1. The summed E-state index contributed by atoms with van der Waals surface area (Å²) in [4.78, 5) is 11.9. The Morgan fingerprint density at radius 1 is 1.00 bits per heavy atom. The van der Waals surface area contributed by atoms with Crippen molar-refractivity contribution in [3.8, 4) is 5.75 Å². The van der Waals surface area contributed by atoms with Crippen LogP contribution in [0, 0.1) is 0 Å². The van der Waals surface area contributed by atoms with Crippen LogP contribution >= 0.6 is 0 Å². The monoisotopic (exact) mass is 367 g/mol. The zero-order valence-electron chi connectivity index (χ0n) is 14.7. The van der Waals surface area contributed by atoms with Gasteiger partial charge in [0.2, 0.25) is 0 Å². The van der Waals surface area contributed by atoms with Crippen LogP contribution in [-0.4, -0.2) is 30.3 Å². The van der Waals surface area contributed by atoms with Gasteiger partial charge in [-0.15, -0.1) is 0 Å². The van der Waals surface area contributed by atoms with E-state index >= 15 is 0 Å². The molecule has 0 bridgehead atoms. The number of furan rings is 1. The Bertz CT molecular complexity index is 816. The number of hydrogen-bond donors (Lipinski definition) is 2. The predicted octanol–water partition coefficient (Wildman–Crippen LogP) is 3.49. The molecule has 2 N–H and O–H groups in total. The van der Waals surface area contributed by atoms with Crippen LogP contribution < -0.4 is 10.1 Å². The van der Waals surface area contributed by atoms with Gasteiger partial charge in [-0.05, 0) is 42.0 Å². The predicted molar refractivity (Wildman–Crippen MR) is 101 cm³/mol. The Labute approximate surface area is 157 Å². The zero-order valence-corrected chi connectivity index (χ0v) is 14.7. The van der Waals surface area contributed by atoms with Crippen LogP contribution in [0.2, 0.25) is 0 Å². The number of rotatable bonds is 9. The third-order valence-corrected chi connectivity index (χ3v) is 3.72. The number of ether oxygens (including phenoxy) is 2. The van der Waals surface area contributed by atoms with E-state index in [1.54, 1.807) is 36.4 Å². The number of aliphatic hydroxyl groups excluding tert-OH is 1. The van der Waals surface area contributed by atoms with Gasteiger partial charge in [-0.1, -0.05) is 30.3 Å². The topological polar surface area (TPSA) is 80.9 Å². The third-order valence-electron chi connectivity index (χ3n) is 3.72. The molecule has 27 heavy (non-hydrogen) atoms. The van der Waals surface area contributed by atoms with Crippen LogP contribution in [0.25, 0.3) is 0 Å².